The minimum Gasteiger partial charge on any atom is -0.360 e. The first-order chi connectivity index (χ1) is 10.6. The molecule has 0 aliphatic heterocycles. The number of aldehydes is 1. The van der Waals surface area contributed by atoms with E-state index in [4.69, 9.17) is 4.74 Å². The molecule has 0 aliphatic rings. The summed E-state index contributed by atoms with van der Waals surface area (Å²) in [4.78, 5) is 14.7. The number of nitrogens with zero attached hydrogens (tertiary/aromatic N) is 3. The summed E-state index contributed by atoms with van der Waals surface area (Å²) in [6, 6.07) is 1.69. The van der Waals surface area contributed by atoms with E-state index in [-0.39, 0.29) is 23.3 Å². The summed E-state index contributed by atoms with van der Waals surface area (Å²) in [5, 5.41) is 3.98. The molecule has 0 N–H and O–H groups in total. The van der Waals surface area contributed by atoms with Gasteiger partial charge in [0.25, 0.3) is 0 Å². The van der Waals surface area contributed by atoms with E-state index in [1.807, 2.05) is 0 Å². The minimum absolute atomic E-state index is 0.0238. The number of ether oxygens (including phenoxy) is 1. The van der Waals surface area contributed by atoms with E-state index in [0.29, 0.717) is 12.9 Å². The first kappa shape index (κ1) is 17.6. The number of hydrogen-bond donors (Lipinski definition) is 0. The number of fused-ring (bicyclic) bond motifs is 1. The highest BCUT2D eigenvalue weighted by molar-refractivity contribution is 6.76. The minimum atomic E-state index is -4.61. The second-order valence-electron chi connectivity index (χ2n) is 6.44. The van der Waals surface area contributed by atoms with Gasteiger partial charge in [0.05, 0.1) is 6.20 Å². The molecular weight excluding hydrogens is 327 g/mol. The zero-order valence-electron chi connectivity index (χ0n) is 13.1. The highest BCUT2D eigenvalue weighted by Gasteiger charge is 2.33. The number of aromatic nitrogens is 3. The van der Waals surface area contributed by atoms with Gasteiger partial charge in [-0.05, 0) is 12.1 Å². The Morgan fingerprint density at radius 2 is 2.04 bits per heavy atom. The molecule has 0 spiro atoms. The Morgan fingerprint density at radius 1 is 1.35 bits per heavy atom. The molecule has 0 amide bonds. The van der Waals surface area contributed by atoms with Crippen molar-refractivity contribution in [2.24, 2.45) is 0 Å². The largest absolute Gasteiger partial charge is 0.433 e. The number of alkyl halides is 3. The molecule has 0 saturated heterocycles. The van der Waals surface area contributed by atoms with Crippen molar-refractivity contribution >= 4 is 25.4 Å². The topological polar surface area (TPSA) is 57.0 Å². The lowest BCUT2D eigenvalue weighted by Gasteiger charge is -2.15. The van der Waals surface area contributed by atoms with Gasteiger partial charge in [0.1, 0.15) is 23.5 Å². The van der Waals surface area contributed by atoms with Crippen molar-refractivity contribution in [3.8, 4) is 0 Å². The van der Waals surface area contributed by atoms with Crippen molar-refractivity contribution in [2.45, 2.75) is 38.6 Å². The number of halogens is 3. The third kappa shape index (κ3) is 4.38. The standard InChI is InChI=1S/C14H18F3N3O2Si/c1-23(2,3)5-4-22-9-20-13-10(8-21)6-12(14(15,16)17)19-11(13)7-18-20/h6-8H,4-5,9H2,1-3H3. The molecule has 5 nitrogen and oxygen atoms in total. The van der Waals surface area contributed by atoms with Crippen LogP contribution in [-0.4, -0.2) is 35.7 Å². The molecule has 126 valence electrons. The lowest BCUT2D eigenvalue weighted by atomic mass is 10.2. The maximum atomic E-state index is 12.8. The molecule has 0 saturated carbocycles. The summed E-state index contributed by atoms with van der Waals surface area (Å²) in [5.74, 6) is 0. The molecule has 0 aliphatic carbocycles. The normalized spacial score (nSPS) is 12.8. The average Bonchev–Trinajstić information content (AvgIpc) is 2.84. The van der Waals surface area contributed by atoms with Crippen molar-refractivity contribution in [3.05, 3.63) is 23.5 Å². The number of hydrogen-bond acceptors (Lipinski definition) is 4. The second kappa shape index (κ2) is 6.40. The van der Waals surface area contributed by atoms with E-state index in [9.17, 15) is 18.0 Å². The first-order valence-electron chi connectivity index (χ1n) is 7.08. The fourth-order valence-electron chi connectivity index (χ4n) is 1.99. The predicted octanol–water partition coefficient (Wildman–Crippen LogP) is 3.57. The van der Waals surface area contributed by atoms with Crippen molar-refractivity contribution in [1.29, 1.82) is 0 Å². The van der Waals surface area contributed by atoms with E-state index >= 15 is 0 Å². The monoisotopic (exact) mass is 345 g/mol. The van der Waals surface area contributed by atoms with Crippen LogP contribution in [0, 0.1) is 0 Å². The van der Waals surface area contributed by atoms with Crippen LogP contribution in [0.15, 0.2) is 12.3 Å². The summed E-state index contributed by atoms with van der Waals surface area (Å²) >= 11 is 0. The van der Waals surface area contributed by atoms with Crippen LogP contribution in [0.4, 0.5) is 13.2 Å². The fraction of sp³-hybridized carbons (Fsp3) is 0.500. The van der Waals surface area contributed by atoms with Crippen molar-refractivity contribution < 1.29 is 22.7 Å². The van der Waals surface area contributed by atoms with E-state index in [1.54, 1.807) is 0 Å². The van der Waals surface area contributed by atoms with Gasteiger partial charge in [-0.2, -0.15) is 18.3 Å². The highest BCUT2D eigenvalue weighted by Crippen LogP contribution is 2.30. The van der Waals surface area contributed by atoms with Gasteiger partial charge in [-0.1, -0.05) is 19.6 Å². The van der Waals surface area contributed by atoms with Crippen LogP contribution in [0.1, 0.15) is 16.1 Å². The van der Waals surface area contributed by atoms with Crippen LogP contribution in [0.5, 0.6) is 0 Å². The third-order valence-electron chi connectivity index (χ3n) is 3.25. The summed E-state index contributed by atoms with van der Waals surface area (Å²) < 4.78 is 45.2. The Kier molecular flexibility index (Phi) is 4.90. The zero-order valence-corrected chi connectivity index (χ0v) is 14.1. The van der Waals surface area contributed by atoms with Crippen LogP contribution in [-0.2, 0) is 17.6 Å². The van der Waals surface area contributed by atoms with E-state index in [2.05, 4.69) is 29.7 Å². The molecule has 2 rings (SSSR count). The van der Waals surface area contributed by atoms with E-state index in [1.165, 1.54) is 10.9 Å². The SMILES string of the molecule is C[Si](C)(C)CCOCn1ncc2nc(C(F)(F)F)cc(C=O)c21. The summed E-state index contributed by atoms with van der Waals surface area (Å²) in [5.41, 5.74) is -0.934. The smallest absolute Gasteiger partial charge is 0.360 e. The molecule has 2 aromatic rings. The fourth-order valence-corrected chi connectivity index (χ4v) is 2.75. The molecule has 2 heterocycles. The van der Waals surface area contributed by atoms with Gasteiger partial charge in [-0.15, -0.1) is 0 Å². The first-order valence-corrected chi connectivity index (χ1v) is 10.8. The molecule has 23 heavy (non-hydrogen) atoms. The zero-order chi connectivity index (χ0) is 17.3. The van der Waals surface area contributed by atoms with Gasteiger partial charge < -0.3 is 4.74 Å². The molecular formula is C14H18F3N3O2Si. The van der Waals surface area contributed by atoms with Gasteiger partial charge in [0.2, 0.25) is 0 Å². The van der Waals surface area contributed by atoms with E-state index < -0.39 is 19.9 Å². The molecule has 0 fully saturated rings. The van der Waals surface area contributed by atoms with Gasteiger partial charge in [-0.3, -0.25) is 4.79 Å². The molecule has 0 radical (unpaired) electrons. The maximum absolute atomic E-state index is 12.8. The van der Waals surface area contributed by atoms with Crippen molar-refractivity contribution in [3.63, 3.8) is 0 Å². The lowest BCUT2D eigenvalue weighted by Crippen LogP contribution is -2.22. The molecule has 0 unspecified atom stereocenters. The number of pyridine rings is 1. The molecule has 0 atom stereocenters. The number of carbonyl (C=O) groups excluding carboxylic acids is 1. The Morgan fingerprint density at radius 3 is 2.61 bits per heavy atom. The Hall–Kier alpha value is -1.74. The van der Waals surface area contributed by atoms with E-state index in [0.717, 1.165) is 12.1 Å². The summed E-state index contributed by atoms with van der Waals surface area (Å²) in [7, 11) is -1.23. The third-order valence-corrected chi connectivity index (χ3v) is 4.96. The Bertz CT molecular complexity index is 708. The van der Waals surface area contributed by atoms with Crippen molar-refractivity contribution in [2.75, 3.05) is 6.61 Å². The second-order valence-corrected chi connectivity index (χ2v) is 12.1. The maximum Gasteiger partial charge on any atom is 0.433 e. The number of rotatable bonds is 6. The predicted molar refractivity (Wildman–Crippen MR) is 82.0 cm³/mol. The van der Waals surface area contributed by atoms with Gasteiger partial charge in [0, 0.05) is 20.2 Å². The van der Waals surface area contributed by atoms with Crippen LogP contribution in [0.25, 0.3) is 11.0 Å². The van der Waals surface area contributed by atoms with Crippen LogP contribution >= 0.6 is 0 Å². The lowest BCUT2D eigenvalue weighted by molar-refractivity contribution is -0.140. The summed E-state index contributed by atoms with van der Waals surface area (Å²) in [6.07, 6.45) is -3.03. The van der Waals surface area contributed by atoms with Crippen LogP contribution in [0.2, 0.25) is 25.7 Å². The highest BCUT2D eigenvalue weighted by atomic mass is 28.3. The molecule has 0 bridgehead atoms. The van der Waals surface area contributed by atoms with Crippen LogP contribution in [0.3, 0.4) is 0 Å². The van der Waals surface area contributed by atoms with Gasteiger partial charge in [0.15, 0.2) is 6.29 Å². The van der Waals surface area contributed by atoms with Gasteiger partial charge in [-0.25, -0.2) is 9.67 Å². The average molecular weight is 345 g/mol. The van der Waals surface area contributed by atoms with Crippen LogP contribution < -0.4 is 0 Å². The molecule has 0 aromatic carbocycles. The quantitative estimate of drug-likeness (QED) is 0.456. The summed E-state index contributed by atoms with van der Waals surface area (Å²) in [6.45, 7) is 7.26. The molecule has 2 aromatic heterocycles. The Labute approximate surface area is 132 Å². The Balaban J connectivity index is 2.24. The van der Waals surface area contributed by atoms with Gasteiger partial charge >= 0.3 is 6.18 Å². The van der Waals surface area contributed by atoms with Crippen molar-refractivity contribution in [1.82, 2.24) is 14.8 Å². The molecule has 9 heteroatoms. The number of carbonyl (C=O) groups is 1.